The van der Waals surface area contributed by atoms with Crippen molar-refractivity contribution in [1.82, 2.24) is 4.31 Å². The number of benzene rings is 2. The Balaban J connectivity index is 1.82. The van der Waals surface area contributed by atoms with Crippen LogP contribution in [-0.2, 0) is 14.8 Å². The van der Waals surface area contributed by atoms with Crippen LogP contribution in [0.1, 0.15) is 10.4 Å². The van der Waals surface area contributed by atoms with E-state index in [0.717, 1.165) is 23.1 Å². The molecule has 0 atom stereocenters. The van der Waals surface area contributed by atoms with Crippen LogP contribution in [0.2, 0.25) is 0 Å². The summed E-state index contributed by atoms with van der Waals surface area (Å²) in [6.07, 6.45) is 0. The van der Waals surface area contributed by atoms with Gasteiger partial charge in [0.1, 0.15) is 0 Å². The fourth-order valence-electron chi connectivity index (χ4n) is 2.84. The van der Waals surface area contributed by atoms with Crippen molar-refractivity contribution in [1.29, 1.82) is 0 Å². The van der Waals surface area contributed by atoms with Crippen molar-refractivity contribution >= 4 is 43.2 Å². The first-order chi connectivity index (χ1) is 13.3. The third kappa shape index (κ3) is 4.54. The van der Waals surface area contributed by atoms with Crippen LogP contribution < -0.4 is 10.2 Å². The van der Waals surface area contributed by atoms with Gasteiger partial charge in [-0.15, -0.1) is 0 Å². The van der Waals surface area contributed by atoms with Crippen molar-refractivity contribution in [3.63, 3.8) is 0 Å². The zero-order chi connectivity index (χ0) is 20.3. The van der Waals surface area contributed by atoms with Crippen molar-refractivity contribution in [2.45, 2.75) is 4.90 Å². The van der Waals surface area contributed by atoms with Gasteiger partial charge >= 0.3 is 0 Å². The van der Waals surface area contributed by atoms with Gasteiger partial charge in [0.2, 0.25) is 10.0 Å². The predicted molar refractivity (Wildman–Crippen MR) is 112 cm³/mol. The van der Waals surface area contributed by atoms with E-state index in [0.29, 0.717) is 23.4 Å². The lowest BCUT2D eigenvalue weighted by atomic mass is 10.2. The average Bonchev–Trinajstić information content (AvgIpc) is 2.69. The smallest absolute Gasteiger partial charge is 0.255 e. The third-order valence-electron chi connectivity index (χ3n) is 4.43. The van der Waals surface area contributed by atoms with E-state index in [4.69, 9.17) is 4.74 Å². The quantitative estimate of drug-likeness (QED) is 0.731. The highest BCUT2D eigenvalue weighted by molar-refractivity contribution is 9.10. The van der Waals surface area contributed by atoms with E-state index in [-0.39, 0.29) is 16.4 Å². The monoisotopic (exact) mass is 467 g/mol. The number of halogens is 1. The molecule has 28 heavy (non-hydrogen) atoms. The molecule has 0 saturated carbocycles. The first kappa shape index (κ1) is 20.8. The SMILES string of the molecule is CN(C)S(=O)(=O)c1cc(C(=O)Nc2cccc(N3CCOCC3)c2)ccc1Br. The molecule has 0 unspecified atom stereocenters. The van der Waals surface area contributed by atoms with E-state index >= 15 is 0 Å². The Morgan fingerprint density at radius 3 is 2.54 bits per heavy atom. The highest BCUT2D eigenvalue weighted by Gasteiger charge is 2.22. The molecule has 1 N–H and O–H groups in total. The van der Waals surface area contributed by atoms with Crippen LogP contribution >= 0.6 is 15.9 Å². The van der Waals surface area contributed by atoms with Gasteiger partial charge in [-0.2, -0.15) is 0 Å². The fraction of sp³-hybridized carbons (Fsp3) is 0.316. The Bertz CT molecular complexity index is 973. The summed E-state index contributed by atoms with van der Waals surface area (Å²) in [7, 11) is -0.770. The highest BCUT2D eigenvalue weighted by atomic mass is 79.9. The van der Waals surface area contributed by atoms with Crippen LogP contribution in [0.3, 0.4) is 0 Å². The van der Waals surface area contributed by atoms with Crippen molar-refractivity contribution in [3.05, 3.63) is 52.5 Å². The van der Waals surface area contributed by atoms with Gasteiger partial charge < -0.3 is 15.0 Å². The number of rotatable bonds is 5. The van der Waals surface area contributed by atoms with Gasteiger partial charge in [0, 0.05) is 48.6 Å². The molecule has 1 heterocycles. The van der Waals surface area contributed by atoms with E-state index in [1.165, 1.54) is 20.2 Å². The van der Waals surface area contributed by atoms with Crippen molar-refractivity contribution < 1.29 is 17.9 Å². The van der Waals surface area contributed by atoms with E-state index in [1.807, 2.05) is 18.2 Å². The minimum atomic E-state index is -3.67. The first-order valence-corrected chi connectivity index (χ1v) is 11.0. The number of morpholine rings is 1. The summed E-state index contributed by atoms with van der Waals surface area (Å²) in [4.78, 5) is 14.9. The Morgan fingerprint density at radius 1 is 1.14 bits per heavy atom. The van der Waals surface area contributed by atoms with Gasteiger partial charge in [-0.25, -0.2) is 12.7 Å². The van der Waals surface area contributed by atoms with Gasteiger partial charge in [-0.05, 0) is 52.3 Å². The molecule has 3 rings (SSSR count). The summed E-state index contributed by atoms with van der Waals surface area (Å²) in [6, 6.07) is 12.1. The summed E-state index contributed by atoms with van der Waals surface area (Å²) in [6.45, 7) is 2.96. The van der Waals surface area contributed by atoms with Crippen LogP contribution in [0.15, 0.2) is 51.8 Å². The zero-order valence-electron chi connectivity index (χ0n) is 15.7. The van der Waals surface area contributed by atoms with Crippen LogP contribution in [-0.4, -0.2) is 59.0 Å². The van der Waals surface area contributed by atoms with E-state index in [2.05, 4.69) is 26.1 Å². The number of ether oxygens (including phenoxy) is 1. The number of hydrogen-bond acceptors (Lipinski definition) is 5. The number of nitrogens with one attached hydrogen (secondary N) is 1. The summed E-state index contributed by atoms with van der Waals surface area (Å²) >= 11 is 3.25. The molecule has 150 valence electrons. The Morgan fingerprint density at radius 2 is 1.86 bits per heavy atom. The van der Waals surface area contributed by atoms with Gasteiger partial charge in [0.05, 0.1) is 18.1 Å². The maximum Gasteiger partial charge on any atom is 0.255 e. The summed E-state index contributed by atoms with van der Waals surface area (Å²) in [5, 5.41) is 2.84. The molecule has 0 aromatic heterocycles. The highest BCUT2D eigenvalue weighted by Crippen LogP contribution is 2.26. The van der Waals surface area contributed by atoms with Crippen LogP contribution in [0.5, 0.6) is 0 Å². The second-order valence-electron chi connectivity index (χ2n) is 6.54. The summed E-state index contributed by atoms with van der Waals surface area (Å²) < 4.78 is 31.8. The van der Waals surface area contributed by atoms with Crippen molar-refractivity contribution in [3.8, 4) is 0 Å². The van der Waals surface area contributed by atoms with E-state index in [9.17, 15) is 13.2 Å². The molecule has 7 nitrogen and oxygen atoms in total. The average molecular weight is 468 g/mol. The molecular weight excluding hydrogens is 446 g/mol. The molecule has 2 aromatic carbocycles. The van der Waals surface area contributed by atoms with Gasteiger partial charge in [-0.1, -0.05) is 6.07 Å². The molecule has 0 spiro atoms. The molecule has 0 radical (unpaired) electrons. The molecule has 0 bridgehead atoms. The fourth-order valence-corrected chi connectivity index (χ4v) is 4.69. The number of carbonyl (C=O) groups is 1. The second kappa shape index (κ2) is 8.60. The van der Waals surface area contributed by atoms with Crippen LogP contribution in [0.4, 0.5) is 11.4 Å². The number of amides is 1. The van der Waals surface area contributed by atoms with Gasteiger partial charge in [-0.3, -0.25) is 4.79 Å². The maximum absolute atomic E-state index is 12.7. The number of carbonyl (C=O) groups excluding carboxylic acids is 1. The molecule has 9 heteroatoms. The lowest BCUT2D eigenvalue weighted by Crippen LogP contribution is -2.36. The van der Waals surface area contributed by atoms with E-state index in [1.54, 1.807) is 18.2 Å². The Hall–Kier alpha value is -1.94. The molecule has 1 aliphatic rings. The minimum Gasteiger partial charge on any atom is -0.378 e. The number of nitrogens with zero attached hydrogens (tertiary/aromatic N) is 2. The Labute approximate surface area is 173 Å². The largest absolute Gasteiger partial charge is 0.378 e. The van der Waals surface area contributed by atoms with Gasteiger partial charge in [0.15, 0.2) is 0 Å². The lowest BCUT2D eigenvalue weighted by Gasteiger charge is -2.29. The number of anilines is 2. The molecule has 1 fully saturated rings. The molecule has 0 aliphatic carbocycles. The zero-order valence-corrected chi connectivity index (χ0v) is 18.1. The topological polar surface area (TPSA) is 79.0 Å². The molecule has 1 saturated heterocycles. The minimum absolute atomic E-state index is 0.0483. The predicted octanol–water partition coefficient (Wildman–Crippen LogP) is 2.79. The molecular formula is C19H22BrN3O4S. The summed E-state index contributed by atoms with van der Waals surface area (Å²) in [5.74, 6) is -0.373. The third-order valence-corrected chi connectivity index (χ3v) is 7.24. The summed E-state index contributed by atoms with van der Waals surface area (Å²) in [5.41, 5.74) is 1.92. The van der Waals surface area contributed by atoms with Crippen LogP contribution in [0, 0.1) is 0 Å². The van der Waals surface area contributed by atoms with Crippen LogP contribution in [0.25, 0.3) is 0 Å². The van der Waals surface area contributed by atoms with Crippen molar-refractivity contribution in [2.24, 2.45) is 0 Å². The maximum atomic E-state index is 12.7. The van der Waals surface area contributed by atoms with Crippen molar-refractivity contribution in [2.75, 3.05) is 50.6 Å². The standard InChI is InChI=1S/C19H22BrN3O4S/c1-22(2)28(25,26)18-12-14(6-7-17(18)20)19(24)21-15-4-3-5-16(13-15)23-8-10-27-11-9-23/h3-7,12-13H,8-11H2,1-2H3,(H,21,24). The van der Waals surface area contributed by atoms with Gasteiger partial charge in [0.25, 0.3) is 5.91 Å². The Kier molecular flexibility index (Phi) is 6.39. The molecule has 1 amide bonds. The lowest BCUT2D eigenvalue weighted by molar-refractivity contribution is 0.102. The normalized spacial score (nSPS) is 14.9. The second-order valence-corrected chi connectivity index (χ2v) is 9.51. The first-order valence-electron chi connectivity index (χ1n) is 8.75. The molecule has 1 aliphatic heterocycles. The molecule has 2 aromatic rings. The number of sulfonamides is 1. The number of hydrogen-bond donors (Lipinski definition) is 1. The van der Waals surface area contributed by atoms with E-state index < -0.39 is 10.0 Å².